The minimum Gasteiger partial charge on any atom is -0.356 e. The average Bonchev–Trinajstić information content (AvgIpc) is 3.12. The Labute approximate surface area is 138 Å². The lowest BCUT2D eigenvalue weighted by atomic mass is 10.0. The van der Waals surface area contributed by atoms with Crippen molar-refractivity contribution >= 4 is 22.8 Å². The van der Waals surface area contributed by atoms with E-state index in [1.54, 1.807) is 18.6 Å². The number of anilines is 1. The van der Waals surface area contributed by atoms with E-state index < -0.39 is 0 Å². The summed E-state index contributed by atoms with van der Waals surface area (Å²) in [5.74, 6) is 0.799. The first-order valence-corrected chi connectivity index (χ1v) is 7.91. The molecule has 0 atom stereocenters. The van der Waals surface area contributed by atoms with Gasteiger partial charge in [-0.2, -0.15) is 0 Å². The van der Waals surface area contributed by atoms with Gasteiger partial charge in [-0.15, -0.1) is 0 Å². The Morgan fingerprint density at radius 3 is 2.83 bits per heavy atom. The summed E-state index contributed by atoms with van der Waals surface area (Å²) in [6, 6.07) is 3.76. The molecule has 0 aliphatic carbocycles. The molecule has 0 saturated carbocycles. The fraction of sp³-hybridized carbons (Fsp3) is 0.312. The lowest BCUT2D eigenvalue weighted by Crippen LogP contribution is -2.45. The number of carbonyl (C=O) groups is 1. The quantitative estimate of drug-likeness (QED) is 0.750. The van der Waals surface area contributed by atoms with E-state index in [-0.39, 0.29) is 11.9 Å². The summed E-state index contributed by atoms with van der Waals surface area (Å²) in [5.41, 5.74) is 1.25. The Morgan fingerprint density at radius 1 is 1.17 bits per heavy atom. The first-order valence-electron chi connectivity index (χ1n) is 7.91. The van der Waals surface area contributed by atoms with Gasteiger partial charge in [0, 0.05) is 31.5 Å². The molecule has 1 aliphatic heterocycles. The highest BCUT2D eigenvalue weighted by atomic mass is 16.1. The van der Waals surface area contributed by atoms with Crippen LogP contribution >= 0.6 is 0 Å². The van der Waals surface area contributed by atoms with E-state index in [2.05, 4.69) is 35.1 Å². The summed E-state index contributed by atoms with van der Waals surface area (Å²) in [6.45, 7) is 1.68. The number of H-pyrrole nitrogens is 1. The monoisotopic (exact) mass is 323 g/mol. The zero-order valence-electron chi connectivity index (χ0n) is 13.0. The van der Waals surface area contributed by atoms with Crippen LogP contribution in [-0.2, 0) is 0 Å². The summed E-state index contributed by atoms with van der Waals surface area (Å²) in [4.78, 5) is 34.0. The molecule has 2 N–H and O–H groups in total. The number of aromatic nitrogens is 5. The highest BCUT2D eigenvalue weighted by molar-refractivity contribution is 5.92. The van der Waals surface area contributed by atoms with Crippen LogP contribution in [0.1, 0.15) is 23.3 Å². The minimum atomic E-state index is -0.147. The first kappa shape index (κ1) is 14.6. The van der Waals surface area contributed by atoms with Crippen LogP contribution in [-0.4, -0.2) is 50.0 Å². The number of nitrogens with one attached hydrogen (secondary N) is 2. The molecule has 1 aliphatic rings. The third-order valence-electron chi connectivity index (χ3n) is 4.28. The van der Waals surface area contributed by atoms with Crippen LogP contribution in [0.3, 0.4) is 0 Å². The van der Waals surface area contributed by atoms with Crippen LogP contribution in [0.5, 0.6) is 0 Å². The number of fused-ring (bicyclic) bond motifs is 1. The highest BCUT2D eigenvalue weighted by Crippen LogP contribution is 2.25. The minimum absolute atomic E-state index is 0.146. The normalized spacial score (nSPS) is 15.6. The van der Waals surface area contributed by atoms with Gasteiger partial charge in [0.25, 0.3) is 5.91 Å². The molecule has 0 unspecified atom stereocenters. The van der Waals surface area contributed by atoms with Gasteiger partial charge in [0.05, 0.1) is 5.39 Å². The maximum atomic E-state index is 12.2. The average molecular weight is 323 g/mol. The predicted octanol–water partition coefficient (Wildman–Crippen LogP) is 1.15. The number of carbonyl (C=O) groups excluding carboxylic acids is 1. The number of nitrogens with zero attached hydrogens (tertiary/aromatic N) is 5. The Balaban J connectivity index is 1.40. The van der Waals surface area contributed by atoms with Gasteiger partial charge in [0.1, 0.15) is 29.8 Å². The molecule has 3 aromatic heterocycles. The second kappa shape index (κ2) is 6.23. The molecule has 8 nitrogen and oxygen atoms in total. The van der Waals surface area contributed by atoms with Gasteiger partial charge in [-0.3, -0.25) is 4.79 Å². The van der Waals surface area contributed by atoms with E-state index in [1.165, 1.54) is 6.33 Å². The number of rotatable bonds is 3. The first-order chi connectivity index (χ1) is 11.8. The van der Waals surface area contributed by atoms with Crippen LogP contribution in [0, 0.1) is 0 Å². The van der Waals surface area contributed by atoms with E-state index >= 15 is 0 Å². The van der Waals surface area contributed by atoms with Gasteiger partial charge in [0.15, 0.2) is 0 Å². The van der Waals surface area contributed by atoms with Crippen molar-refractivity contribution in [2.75, 3.05) is 18.0 Å². The Hall–Kier alpha value is -3.03. The summed E-state index contributed by atoms with van der Waals surface area (Å²) in [6.07, 6.45) is 8.14. The molecular weight excluding hydrogens is 306 g/mol. The van der Waals surface area contributed by atoms with Crippen LogP contribution in [0.4, 0.5) is 5.82 Å². The summed E-state index contributed by atoms with van der Waals surface area (Å²) in [5, 5.41) is 4.07. The smallest absolute Gasteiger partial charge is 0.270 e. The van der Waals surface area contributed by atoms with Crippen molar-refractivity contribution in [1.29, 1.82) is 0 Å². The van der Waals surface area contributed by atoms with Crippen molar-refractivity contribution in [3.05, 3.63) is 42.9 Å². The third-order valence-corrected chi connectivity index (χ3v) is 4.28. The van der Waals surface area contributed by atoms with E-state index in [0.717, 1.165) is 42.8 Å². The van der Waals surface area contributed by atoms with E-state index in [9.17, 15) is 4.79 Å². The lowest BCUT2D eigenvalue weighted by Gasteiger charge is -2.33. The van der Waals surface area contributed by atoms with E-state index in [4.69, 9.17) is 0 Å². The Kier molecular flexibility index (Phi) is 3.78. The zero-order valence-corrected chi connectivity index (χ0v) is 13.0. The molecule has 1 saturated heterocycles. The molecule has 1 fully saturated rings. The summed E-state index contributed by atoms with van der Waals surface area (Å²) in [7, 11) is 0. The standard InChI is InChI=1S/C16H17N7O/c24-16(13-2-5-17-9-19-13)22-11-3-7-23(8-4-11)15-12-1-6-18-14(12)20-10-21-15/h1-2,5-6,9-11H,3-4,7-8H2,(H,22,24)(H,18,20,21). The van der Waals surface area contributed by atoms with Gasteiger partial charge in [-0.1, -0.05) is 0 Å². The van der Waals surface area contributed by atoms with Gasteiger partial charge >= 0.3 is 0 Å². The number of hydrogen-bond acceptors (Lipinski definition) is 6. The number of aromatic amines is 1. The van der Waals surface area contributed by atoms with E-state index in [0.29, 0.717) is 5.69 Å². The largest absolute Gasteiger partial charge is 0.356 e. The fourth-order valence-corrected chi connectivity index (χ4v) is 3.03. The molecule has 4 heterocycles. The van der Waals surface area contributed by atoms with Crippen LogP contribution < -0.4 is 10.2 Å². The van der Waals surface area contributed by atoms with Gasteiger partial charge in [-0.05, 0) is 25.0 Å². The maximum Gasteiger partial charge on any atom is 0.270 e. The SMILES string of the molecule is O=C(NC1CCN(c2ncnc3[nH]ccc23)CC1)c1ccncn1. The highest BCUT2D eigenvalue weighted by Gasteiger charge is 2.23. The van der Waals surface area contributed by atoms with Gasteiger partial charge in [0.2, 0.25) is 0 Å². The second-order valence-electron chi connectivity index (χ2n) is 5.77. The van der Waals surface area contributed by atoms with Gasteiger partial charge < -0.3 is 15.2 Å². The molecule has 1 amide bonds. The number of piperidine rings is 1. The van der Waals surface area contributed by atoms with Crippen molar-refractivity contribution in [3.8, 4) is 0 Å². The number of amides is 1. The number of hydrogen-bond donors (Lipinski definition) is 2. The van der Waals surface area contributed by atoms with Crippen molar-refractivity contribution < 1.29 is 4.79 Å². The molecule has 0 spiro atoms. The van der Waals surface area contributed by atoms with Crippen molar-refractivity contribution in [2.45, 2.75) is 18.9 Å². The Bertz CT molecular complexity index is 840. The molecule has 8 heteroatoms. The van der Waals surface area contributed by atoms with Crippen molar-refractivity contribution in [1.82, 2.24) is 30.2 Å². The maximum absolute atomic E-state index is 12.2. The van der Waals surface area contributed by atoms with Crippen LogP contribution in [0.2, 0.25) is 0 Å². The predicted molar refractivity (Wildman–Crippen MR) is 88.6 cm³/mol. The molecule has 0 bridgehead atoms. The molecule has 3 aromatic rings. The Morgan fingerprint density at radius 2 is 2.04 bits per heavy atom. The molecular formula is C16H17N7O. The molecule has 4 rings (SSSR count). The van der Waals surface area contributed by atoms with Gasteiger partial charge in [-0.25, -0.2) is 19.9 Å². The van der Waals surface area contributed by atoms with Crippen LogP contribution in [0.15, 0.2) is 37.2 Å². The zero-order chi connectivity index (χ0) is 16.4. The topological polar surface area (TPSA) is 99.7 Å². The lowest BCUT2D eigenvalue weighted by molar-refractivity contribution is 0.0926. The second-order valence-corrected chi connectivity index (χ2v) is 5.77. The molecule has 0 aromatic carbocycles. The van der Waals surface area contributed by atoms with Crippen molar-refractivity contribution in [3.63, 3.8) is 0 Å². The van der Waals surface area contributed by atoms with Crippen molar-refractivity contribution in [2.24, 2.45) is 0 Å². The molecule has 0 radical (unpaired) electrons. The fourth-order valence-electron chi connectivity index (χ4n) is 3.03. The molecule has 122 valence electrons. The van der Waals surface area contributed by atoms with Crippen LogP contribution in [0.25, 0.3) is 11.0 Å². The summed E-state index contributed by atoms with van der Waals surface area (Å²) >= 11 is 0. The van der Waals surface area contributed by atoms with E-state index in [1.807, 2.05) is 12.3 Å². The summed E-state index contributed by atoms with van der Waals surface area (Å²) < 4.78 is 0. The molecule has 24 heavy (non-hydrogen) atoms. The third kappa shape index (κ3) is 2.78.